The van der Waals surface area contributed by atoms with Gasteiger partial charge < -0.3 is 36.4 Å². The van der Waals surface area contributed by atoms with E-state index in [1.807, 2.05) is 0 Å². The summed E-state index contributed by atoms with van der Waals surface area (Å²) in [5.74, 6) is -4.77. The third-order valence-electron chi connectivity index (χ3n) is 7.26. The highest BCUT2D eigenvalue weighted by Gasteiger charge is 2.74. The lowest BCUT2D eigenvalue weighted by Gasteiger charge is -2.51. The second kappa shape index (κ2) is 9.11. The maximum absolute atomic E-state index is 13.1. The molecule has 3 fully saturated rings. The van der Waals surface area contributed by atoms with Gasteiger partial charge in [0.15, 0.2) is 17.6 Å². The van der Waals surface area contributed by atoms with E-state index in [0.29, 0.717) is 11.1 Å². The number of imide groups is 1. The second-order valence-corrected chi connectivity index (χ2v) is 9.52. The van der Waals surface area contributed by atoms with Gasteiger partial charge in [-0.25, -0.2) is 0 Å². The Balaban J connectivity index is 1.46. The minimum absolute atomic E-state index is 0.165. The van der Waals surface area contributed by atoms with Crippen molar-refractivity contribution >= 4 is 29.6 Å². The average molecular weight is 521 g/mol. The Bertz CT molecular complexity index is 1300. The quantitative estimate of drug-likeness (QED) is 0.218. The van der Waals surface area contributed by atoms with Crippen LogP contribution in [-0.4, -0.2) is 92.3 Å². The van der Waals surface area contributed by atoms with Crippen LogP contribution in [0.3, 0.4) is 0 Å². The normalized spacial score (nSPS) is 26.8. The van der Waals surface area contributed by atoms with Gasteiger partial charge in [-0.1, -0.05) is 36.4 Å². The Kier molecular flexibility index (Phi) is 6.04. The number of guanidine groups is 2. The molecule has 1 spiro atoms. The van der Waals surface area contributed by atoms with Gasteiger partial charge in [0.2, 0.25) is 11.7 Å². The molecule has 0 aliphatic carbocycles. The lowest BCUT2D eigenvalue weighted by atomic mass is 9.84. The summed E-state index contributed by atoms with van der Waals surface area (Å²) in [5, 5.41) is 51.1. The summed E-state index contributed by atoms with van der Waals surface area (Å²) in [4.78, 5) is 40.8. The summed E-state index contributed by atoms with van der Waals surface area (Å²) in [6.07, 6.45) is 0. The van der Waals surface area contributed by atoms with Crippen molar-refractivity contribution in [2.45, 2.75) is 36.5 Å². The fraction of sp³-hybridized carbons (Fsp3) is 0.320. The molecule has 3 aliphatic heterocycles. The molecule has 0 bridgehead atoms. The number of nitrogens with one attached hydrogen (secondary N) is 6. The van der Waals surface area contributed by atoms with E-state index in [4.69, 9.17) is 10.8 Å². The van der Waals surface area contributed by atoms with Crippen LogP contribution < -0.4 is 21.3 Å². The van der Waals surface area contributed by atoms with Crippen LogP contribution in [0.4, 0.5) is 0 Å². The summed E-state index contributed by atoms with van der Waals surface area (Å²) in [7, 11) is 0. The van der Waals surface area contributed by atoms with E-state index in [1.54, 1.807) is 60.7 Å². The first-order chi connectivity index (χ1) is 18.1. The van der Waals surface area contributed by atoms with E-state index in [9.17, 15) is 24.6 Å². The Morgan fingerprint density at radius 1 is 1.03 bits per heavy atom. The molecule has 2 aromatic rings. The molecule has 38 heavy (non-hydrogen) atoms. The van der Waals surface area contributed by atoms with E-state index in [1.165, 1.54) is 11.8 Å². The van der Waals surface area contributed by atoms with Crippen LogP contribution in [0.2, 0.25) is 0 Å². The summed E-state index contributed by atoms with van der Waals surface area (Å²) < 4.78 is 0. The Labute approximate surface area is 217 Å². The van der Waals surface area contributed by atoms with Crippen LogP contribution in [0, 0.1) is 10.8 Å². The number of rotatable bonds is 5. The van der Waals surface area contributed by atoms with Gasteiger partial charge in [-0.15, -0.1) is 0 Å². The molecule has 198 valence electrons. The highest BCUT2D eigenvalue weighted by Crippen LogP contribution is 2.43. The number of hydrogen-bond donors (Lipinski definition) is 8. The topological polar surface area (TPSA) is 194 Å². The summed E-state index contributed by atoms with van der Waals surface area (Å²) in [5.41, 5.74) is -1.25. The van der Waals surface area contributed by atoms with Crippen LogP contribution in [-0.2, 0) is 4.79 Å². The number of hydrogen-bond acceptors (Lipinski definition) is 7. The van der Waals surface area contributed by atoms with Crippen molar-refractivity contribution in [2.24, 2.45) is 0 Å². The molecule has 4 atom stereocenters. The molecule has 2 aromatic carbocycles. The number of benzene rings is 2. The van der Waals surface area contributed by atoms with Gasteiger partial charge in [-0.2, -0.15) is 0 Å². The van der Waals surface area contributed by atoms with E-state index < -0.39 is 47.3 Å². The Morgan fingerprint density at radius 3 is 2.24 bits per heavy atom. The van der Waals surface area contributed by atoms with Gasteiger partial charge in [0, 0.05) is 24.6 Å². The number of amides is 3. The lowest BCUT2D eigenvalue weighted by Crippen LogP contribution is -2.81. The van der Waals surface area contributed by atoms with E-state index in [0.717, 1.165) is 4.90 Å². The van der Waals surface area contributed by atoms with Crippen molar-refractivity contribution in [3.8, 4) is 0 Å². The number of nitrogens with zero attached hydrogens (tertiary/aromatic N) is 2. The summed E-state index contributed by atoms with van der Waals surface area (Å²) >= 11 is 0. The van der Waals surface area contributed by atoms with Crippen molar-refractivity contribution in [1.29, 1.82) is 10.8 Å². The number of aliphatic hydroxyl groups is 2. The Hall–Kier alpha value is -4.49. The van der Waals surface area contributed by atoms with Gasteiger partial charge >= 0.3 is 0 Å². The lowest BCUT2D eigenvalue weighted by molar-refractivity contribution is -0.232. The molecule has 0 saturated carbocycles. The first-order valence-electron chi connectivity index (χ1n) is 12.0. The number of carbonyl (C=O) groups is 3. The third-order valence-corrected chi connectivity index (χ3v) is 7.26. The van der Waals surface area contributed by atoms with Crippen molar-refractivity contribution < 1.29 is 24.6 Å². The smallest absolute Gasteiger partial charge is 0.260 e. The second-order valence-electron chi connectivity index (χ2n) is 9.52. The molecule has 3 saturated heterocycles. The molecular formula is C25H28N8O5. The van der Waals surface area contributed by atoms with E-state index >= 15 is 0 Å². The van der Waals surface area contributed by atoms with Crippen LogP contribution >= 0.6 is 0 Å². The van der Waals surface area contributed by atoms with Gasteiger partial charge in [-0.3, -0.25) is 30.1 Å². The van der Waals surface area contributed by atoms with Crippen LogP contribution in [0.5, 0.6) is 0 Å². The standard InChI is InChI=1S/C25H28N8O5/c1-14(34)32(21(36)16-10-6-3-7-11-16)12-17-19-24(31-22(26)30-19)25(37,38)18(13-33(24)23(27)28-17)29-20(35)15-8-4-2-5-9-15/h2-11,17-19,37-38H,12-13H2,1H3,(H2,27,28)(H,29,35)(H3,26,30,31)/t17-,18-,19-,24-/m0/s1. The molecule has 0 aromatic heterocycles. The molecule has 3 aliphatic rings. The first-order valence-corrected chi connectivity index (χ1v) is 12.0. The van der Waals surface area contributed by atoms with Gasteiger partial charge in [-0.05, 0) is 24.3 Å². The molecule has 3 heterocycles. The van der Waals surface area contributed by atoms with Crippen molar-refractivity contribution in [1.82, 2.24) is 31.1 Å². The van der Waals surface area contributed by atoms with Crippen molar-refractivity contribution in [2.75, 3.05) is 13.1 Å². The van der Waals surface area contributed by atoms with Crippen LogP contribution in [0.15, 0.2) is 60.7 Å². The zero-order valence-electron chi connectivity index (χ0n) is 20.4. The number of carbonyl (C=O) groups excluding carboxylic acids is 3. The maximum Gasteiger partial charge on any atom is 0.260 e. The van der Waals surface area contributed by atoms with Crippen molar-refractivity contribution in [3.05, 3.63) is 71.8 Å². The summed E-state index contributed by atoms with van der Waals surface area (Å²) in [6, 6.07) is 13.4. The molecular weight excluding hydrogens is 492 g/mol. The molecule has 3 amide bonds. The minimum Gasteiger partial charge on any atom is -0.361 e. The first kappa shape index (κ1) is 25.2. The molecule has 13 nitrogen and oxygen atoms in total. The van der Waals surface area contributed by atoms with Gasteiger partial charge in [0.25, 0.3) is 11.8 Å². The molecule has 0 unspecified atom stereocenters. The molecule has 13 heteroatoms. The third kappa shape index (κ3) is 3.83. The highest BCUT2D eigenvalue weighted by atomic mass is 16.5. The Morgan fingerprint density at radius 2 is 1.63 bits per heavy atom. The molecule has 8 N–H and O–H groups in total. The maximum atomic E-state index is 13.1. The average Bonchev–Trinajstić information content (AvgIpc) is 3.37. The predicted molar refractivity (Wildman–Crippen MR) is 135 cm³/mol. The van der Waals surface area contributed by atoms with Crippen LogP contribution in [0.25, 0.3) is 0 Å². The van der Waals surface area contributed by atoms with Crippen molar-refractivity contribution in [3.63, 3.8) is 0 Å². The van der Waals surface area contributed by atoms with E-state index in [-0.39, 0.29) is 25.0 Å². The molecule has 5 rings (SSSR count). The zero-order valence-corrected chi connectivity index (χ0v) is 20.4. The minimum atomic E-state index is -2.67. The van der Waals surface area contributed by atoms with Gasteiger partial charge in [0.1, 0.15) is 6.04 Å². The fourth-order valence-corrected chi connectivity index (χ4v) is 5.45. The zero-order chi connectivity index (χ0) is 27.2. The summed E-state index contributed by atoms with van der Waals surface area (Å²) in [6.45, 7) is 0.846. The highest BCUT2D eigenvalue weighted by molar-refractivity contribution is 6.04. The monoisotopic (exact) mass is 520 g/mol. The SMILES string of the molecule is CC(=O)N(C[C@@H]1NC(=N)N2C[C@H](NC(=O)c3ccccc3)C(O)(O)[C@@]23NC(=N)N[C@@H]13)C(=O)c1ccccc1. The van der Waals surface area contributed by atoms with Crippen LogP contribution in [0.1, 0.15) is 27.6 Å². The predicted octanol–water partition coefficient (Wildman–Crippen LogP) is -1.43. The molecule has 0 radical (unpaired) electrons. The largest absolute Gasteiger partial charge is 0.361 e. The fourth-order valence-electron chi connectivity index (χ4n) is 5.45. The van der Waals surface area contributed by atoms with E-state index in [2.05, 4.69) is 21.3 Å². The van der Waals surface area contributed by atoms with Gasteiger partial charge in [0.05, 0.1) is 18.6 Å².